The molecular weight excluding hydrogens is 150 g/mol. The Morgan fingerprint density at radius 3 is 3.00 bits per heavy atom. The minimum absolute atomic E-state index is 0.0520. The van der Waals surface area contributed by atoms with Crippen LogP contribution < -0.4 is 5.32 Å². The lowest BCUT2D eigenvalue weighted by Crippen LogP contribution is -2.17. The number of rotatable bonds is 0. The van der Waals surface area contributed by atoms with E-state index in [9.17, 15) is 4.79 Å². The number of carbonyl (C=O) groups excluding carboxylic acids is 1. The third-order valence-corrected chi connectivity index (χ3v) is 1.91. The first-order chi connectivity index (χ1) is 5.86. The lowest BCUT2D eigenvalue weighted by Gasteiger charge is -1.99. The van der Waals surface area contributed by atoms with Crippen LogP contribution in [0.1, 0.15) is 11.1 Å². The van der Waals surface area contributed by atoms with E-state index in [0.29, 0.717) is 6.42 Å². The quantitative estimate of drug-likeness (QED) is 0.608. The Hall–Kier alpha value is -1.57. The Kier molecular flexibility index (Phi) is 1.67. The topological polar surface area (TPSA) is 29.1 Å². The van der Waals surface area contributed by atoms with Crippen LogP contribution in [0.3, 0.4) is 0 Å². The summed E-state index contributed by atoms with van der Waals surface area (Å²) >= 11 is 0. The summed E-state index contributed by atoms with van der Waals surface area (Å²) in [5, 5.41) is 2.67. The third kappa shape index (κ3) is 1.23. The van der Waals surface area contributed by atoms with Crippen LogP contribution in [0, 0.1) is 0 Å². The monoisotopic (exact) mass is 159 g/mol. The highest BCUT2D eigenvalue weighted by atomic mass is 16.1. The second kappa shape index (κ2) is 2.81. The van der Waals surface area contributed by atoms with Gasteiger partial charge in [-0.1, -0.05) is 24.3 Å². The molecule has 0 bridgehead atoms. The molecule has 1 aliphatic heterocycles. The Morgan fingerprint density at radius 1 is 1.25 bits per heavy atom. The minimum atomic E-state index is 0.0520. The zero-order valence-electron chi connectivity index (χ0n) is 6.58. The summed E-state index contributed by atoms with van der Waals surface area (Å²) in [6, 6.07) is 7.90. The standard InChI is InChI=1S/C10H9NO/c12-10-7-9-4-2-1-3-8(9)5-6-11-10/h1-6H,7H2,(H,11,12). The van der Waals surface area contributed by atoms with Crippen molar-refractivity contribution >= 4 is 12.0 Å². The van der Waals surface area contributed by atoms with Crippen molar-refractivity contribution in [1.82, 2.24) is 5.32 Å². The van der Waals surface area contributed by atoms with E-state index < -0.39 is 0 Å². The van der Waals surface area contributed by atoms with Crippen LogP contribution in [0.2, 0.25) is 0 Å². The van der Waals surface area contributed by atoms with Gasteiger partial charge in [-0.05, 0) is 17.2 Å². The lowest BCUT2D eigenvalue weighted by molar-refractivity contribution is -0.119. The van der Waals surface area contributed by atoms with Crippen LogP contribution in [-0.4, -0.2) is 5.91 Å². The van der Waals surface area contributed by atoms with Gasteiger partial charge in [-0.3, -0.25) is 4.79 Å². The van der Waals surface area contributed by atoms with Gasteiger partial charge in [-0.2, -0.15) is 0 Å². The third-order valence-electron chi connectivity index (χ3n) is 1.91. The Labute approximate surface area is 70.9 Å². The van der Waals surface area contributed by atoms with Crippen LogP contribution in [0.15, 0.2) is 30.5 Å². The first kappa shape index (κ1) is 7.10. The molecule has 0 fully saturated rings. The van der Waals surface area contributed by atoms with E-state index in [2.05, 4.69) is 5.32 Å². The molecule has 0 aliphatic carbocycles. The highest BCUT2D eigenvalue weighted by Crippen LogP contribution is 2.12. The predicted molar refractivity (Wildman–Crippen MR) is 47.3 cm³/mol. The summed E-state index contributed by atoms with van der Waals surface area (Å²) in [4.78, 5) is 11.1. The largest absolute Gasteiger partial charge is 0.332 e. The van der Waals surface area contributed by atoms with E-state index in [1.165, 1.54) is 0 Å². The molecule has 0 spiro atoms. The molecule has 2 rings (SSSR count). The fourth-order valence-electron chi connectivity index (χ4n) is 1.31. The highest BCUT2D eigenvalue weighted by molar-refractivity contribution is 5.83. The molecule has 2 nitrogen and oxygen atoms in total. The summed E-state index contributed by atoms with van der Waals surface area (Å²) in [5.41, 5.74) is 2.21. The first-order valence-corrected chi connectivity index (χ1v) is 3.90. The van der Waals surface area contributed by atoms with Crippen molar-refractivity contribution in [2.24, 2.45) is 0 Å². The van der Waals surface area contributed by atoms with Crippen LogP contribution >= 0.6 is 0 Å². The average Bonchev–Trinajstić information content (AvgIpc) is 2.25. The minimum Gasteiger partial charge on any atom is -0.332 e. The van der Waals surface area contributed by atoms with Crippen molar-refractivity contribution in [3.05, 3.63) is 41.6 Å². The molecule has 0 saturated heterocycles. The van der Waals surface area contributed by atoms with Gasteiger partial charge in [-0.25, -0.2) is 0 Å². The maximum atomic E-state index is 11.1. The van der Waals surface area contributed by atoms with E-state index in [1.54, 1.807) is 6.20 Å². The predicted octanol–water partition coefficient (Wildman–Crippen LogP) is 1.33. The molecule has 0 saturated carbocycles. The van der Waals surface area contributed by atoms with Crippen molar-refractivity contribution in [3.63, 3.8) is 0 Å². The highest BCUT2D eigenvalue weighted by Gasteiger charge is 2.07. The average molecular weight is 159 g/mol. The number of nitrogens with one attached hydrogen (secondary N) is 1. The zero-order valence-corrected chi connectivity index (χ0v) is 6.58. The smallest absolute Gasteiger partial charge is 0.228 e. The number of hydrogen-bond acceptors (Lipinski definition) is 1. The van der Waals surface area contributed by atoms with Crippen molar-refractivity contribution in [1.29, 1.82) is 0 Å². The Balaban J connectivity index is 2.48. The summed E-state index contributed by atoms with van der Waals surface area (Å²) in [6.45, 7) is 0. The van der Waals surface area contributed by atoms with Crippen LogP contribution in [0.4, 0.5) is 0 Å². The van der Waals surface area contributed by atoms with Gasteiger partial charge in [0.05, 0.1) is 6.42 Å². The molecule has 12 heavy (non-hydrogen) atoms. The number of amides is 1. The zero-order chi connectivity index (χ0) is 8.39. The van der Waals surface area contributed by atoms with Gasteiger partial charge in [0.25, 0.3) is 0 Å². The van der Waals surface area contributed by atoms with E-state index in [0.717, 1.165) is 11.1 Å². The van der Waals surface area contributed by atoms with Crippen LogP contribution in [0.5, 0.6) is 0 Å². The van der Waals surface area contributed by atoms with Gasteiger partial charge in [0, 0.05) is 6.20 Å². The molecular formula is C10H9NO. The fraction of sp³-hybridized carbons (Fsp3) is 0.100. The first-order valence-electron chi connectivity index (χ1n) is 3.90. The summed E-state index contributed by atoms with van der Waals surface area (Å²) in [7, 11) is 0. The van der Waals surface area contributed by atoms with Crippen molar-refractivity contribution < 1.29 is 4.79 Å². The van der Waals surface area contributed by atoms with E-state index in [-0.39, 0.29) is 5.91 Å². The molecule has 2 heteroatoms. The molecule has 1 aromatic rings. The summed E-state index contributed by atoms with van der Waals surface area (Å²) in [5.74, 6) is 0.0520. The molecule has 1 heterocycles. The Bertz CT molecular complexity index is 341. The molecule has 0 unspecified atom stereocenters. The molecule has 0 radical (unpaired) electrons. The van der Waals surface area contributed by atoms with Gasteiger partial charge in [-0.15, -0.1) is 0 Å². The molecule has 1 amide bonds. The number of carbonyl (C=O) groups is 1. The second-order valence-electron chi connectivity index (χ2n) is 2.78. The number of hydrogen-bond donors (Lipinski definition) is 1. The van der Waals surface area contributed by atoms with E-state index in [1.807, 2.05) is 30.3 Å². The molecule has 1 N–H and O–H groups in total. The lowest BCUT2D eigenvalue weighted by atomic mass is 10.1. The number of benzene rings is 1. The normalized spacial score (nSPS) is 14.8. The molecule has 1 aliphatic rings. The van der Waals surface area contributed by atoms with Gasteiger partial charge in [0.15, 0.2) is 0 Å². The molecule has 60 valence electrons. The van der Waals surface area contributed by atoms with Gasteiger partial charge >= 0.3 is 0 Å². The van der Waals surface area contributed by atoms with Crippen molar-refractivity contribution in [2.45, 2.75) is 6.42 Å². The fourth-order valence-corrected chi connectivity index (χ4v) is 1.31. The molecule has 0 atom stereocenters. The SMILES string of the molecule is O=C1Cc2ccccc2C=CN1. The summed E-state index contributed by atoms with van der Waals surface area (Å²) < 4.78 is 0. The second-order valence-corrected chi connectivity index (χ2v) is 2.78. The van der Waals surface area contributed by atoms with Gasteiger partial charge < -0.3 is 5.32 Å². The van der Waals surface area contributed by atoms with Gasteiger partial charge in [0.1, 0.15) is 0 Å². The summed E-state index contributed by atoms with van der Waals surface area (Å²) in [6.07, 6.45) is 4.08. The van der Waals surface area contributed by atoms with E-state index in [4.69, 9.17) is 0 Å². The maximum absolute atomic E-state index is 11.1. The number of fused-ring (bicyclic) bond motifs is 1. The molecule has 1 aromatic carbocycles. The molecule has 0 aromatic heterocycles. The van der Waals surface area contributed by atoms with Crippen molar-refractivity contribution in [3.8, 4) is 0 Å². The van der Waals surface area contributed by atoms with Crippen LogP contribution in [0.25, 0.3) is 6.08 Å². The van der Waals surface area contributed by atoms with Crippen molar-refractivity contribution in [2.75, 3.05) is 0 Å². The maximum Gasteiger partial charge on any atom is 0.228 e. The van der Waals surface area contributed by atoms with Crippen LogP contribution in [-0.2, 0) is 11.2 Å². The van der Waals surface area contributed by atoms with E-state index >= 15 is 0 Å². The van der Waals surface area contributed by atoms with Gasteiger partial charge in [0.2, 0.25) is 5.91 Å². The Morgan fingerprint density at radius 2 is 2.08 bits per heavy atom.